The number of rotatable bonds is 4. The first-order valence-corrected chi connectivity index (χ1v) is 13.7. The van der Waals surface area contributed by atoms with Crippen molar-refractivity contribution in [3.05, 3.63) is 70.7 Å². The second-order valence-corrected chi connectivity index (χ2v) is 10.6. The fraction of sp³-hybridized carbons (Fsp3) is 0.433. The number of hydrogen-bond acceptors (Lipinski definition) is 6. The molecular formula is C30H35N5O4. The molecule has 3 amide bonds. The van der Waals surface area contributed by atoms with Gasteiger partial charge in [0.05, 0.1) is 32.0 Å². The first kappa shape index (κ1) is 25.3. The van der Waals surface area contributed by atoms with Crippen LogP contribution in [0.5, 0.6) is 11.5 Å². The zero-order valence-electron chi connectivity index (χ0n) is 23.0. The van der Waals surface area contributed by atoms with Gasteiger partial charge in [-0.3, -0.25) is 9.69 Å². The number of likely N-dealkylation sites (tertiary alicyclic amines) is 1. The monoisotopic (exact) mass is 529 g/mol. The van der Waals surface area contributed by atoms with Gasteiger partial charge in [0.1, 0.15) is 11.5 Å². The summed E-state index contributed by atoms with van der Waals surface area (Å²) in [5.41, 5.74) is 4.32. The number of allylic oxidation sites excluding steroid dienone is 4. The molecule has 2 saturated heterocycles. The van der Waals surface area contributed by atoms with Crippen molar-refractivity contribution < 1.29 is 19.1 Å². The van der Waals surface area contributed by atoms with Crippen molar-refractivity contribution in [3.8, 4) is 11.5 Å². The Morgan fingerprint density at radius 1 is 1.15 bits per heavy atom. The van der Waals surface area contributed by atoms with Gasteiger partial charge in [0, 0.05) is 67.3 Å². The minimum atomic E-state index is -0.443. The lowest BCUT2D eigenvalue weighted by atomic mass is 9.81. The van der Waals surface area contributed by atoms with Crippen LogP contribution in [0.15, 0.2) is 64.7 Å². The summed E-state index contributed by atoms with van der Waals surface area (Å²) in [4.78, 5) is 33.4. The number of carbonyl (C=O) groups is 2. The SMILES string of the molecule is CCN1C(=O)N2Cc3cc(OC)cc(OC)c3[C@@H](C)C=C2C12CCN(C(=O)C1=C3C=CC=CN3N=CC1)CC2. The number of likely N-dealkylation sites (N-methyl/N-ethyl adjacent to an activating group) is 1. The number of methoxy groups -OCH3 is 2. The highest BCUT2D eigenvalue weighted by Gasteiger charge is 2.55. The van der Waals surface area contributed by atoms with Gasteiger partial charge in [-0.2, -0.15) is 5.10 Å². The Hall–Kier alpha value is -4.01. The summed E-state index contributed by atoms with van der Waals surface area (Å²) >= 11 is 0. The maximum atomic E-state index is 13.9. The van der Waals surface area contributed by atoms with Crippen molar-refractivity contribution in [1.29, 1.82) is 0 Å². The zero-order valence-corrected chi connectivity index (χ0v) is 23.0. The van der Waals surface area contributed by atoms with Crippen molar-refractivity contribution in [2.45, 2.75) is 51.1 Å². The van der Waals surface area contributed by atoms with Gasteiger partial charge in [-0.25, -0.2) is 9.80 Å². The molecule has 0 saturated carbocycles. The van der Waals surface area contributed by atoms with E-state index < -0.39 is 5.54 Å². The Morgan fingerprint density at radius 3 is 2.67 bits per heavy atom. The molecule has 1 aromatic rings. The smallest absolute Gasteiger partial charge is 0.325 e. The second-order valence-electron chi connectivity index (χ2n) is 10.6. The quantitative estimate of drug-likeness (QED) is 0.580. The molecule has 39 heavy (non-hydrogen) atoms. The van der Waals surface area contributed by atoms with Crippen LogP contribution in [0.4, 0.5) is 4.79 Å². The normalized spacial score (nSPS) is 23.0. The van der Waals surface area contributed by atoms with Gasteiger partial charge in [0.25, 0.3) is 5.91 Å². The minimum Gasteiger partial charge on any atom is -0.497 e. The van der Waals surface area contributed by atoms with Gasteiger partial charge in [-0.05, 0) is 43.5 Å². The number of hydrazone groups is 1. The van der Waals surface area contributed by atoms with Crippen LogP contribution < -0.4 is 9.47 Å². The Balaban J connectivity index is 1.31. The molecule has 0 N–H and O–H groups in total. The molecule has 6 rings (SSSR count). The predicted octanol–water partition coefficient (Wildman–Crippen LogP) is 4.35. The molecule has 5 heterocycles. The summed E-state index contributed by atoms with van der Waals surface area (Å²) in [5.74, 6) is 1.59. The third-order valence-electron chi connectivity index (χ3n) is 8.70. The highest BCUT2D eigenvalue weighted by atomic mass is 16.5. The summed E-state index contributed by atoms with van der Waals surface area (Å²) in [6, 6.07) is 3.95. The summed E-state index contributed by atoms with van der Waals surface area (Å²) in [7, 11) is 3.32. The molecule has 1 atom stereocenters. The first-order valence-electron chi connectivity index (χ1n) is 13.7. The number of carbonyl (C=O) groups excluding carboxylic acids is 2. The van der Waals surface area contributed by atoms with Gasteiger partial charge in [-0.15, -0.1) is 0 Å². The number of ether oxygens (including phenoxy) is 2. The van der Waals surface area contributed by atoms with E-state index >= 15 is 0 Å². The van der Waals surface area contributed by atoms with Crippen molar-refractivity contribution in [2.24, 2.45) is 5.10 Å². The van der Waals surface area contributed by atoms with Crippen molar-refractivity contribution in [2.75, 3.05) is 33.9 Å². The van der Waals surface area contributed by atoms with Crippen molar-refractivity contribution in [3.63, 3.8) is 0 Å². The fourth-order valence-corrected chi connectivity index (χ4v) is 6.83. The molecule has 5 aliphatic heterocycles. The fourth-order valence-electron chi connectivity index (χ4n) is 6.83. The van der Waals surface area contributed by atoms with Crippen LogP contribution in [0.2, 0.25) is 0 Å². The van der Waals surface area contributed by atoms with Gasteiger partial charge in [-0.1, -0.05) is 19.1 Å². The van der Waals surface area contributed by atoms with E-state index in [0.717, 1.165) is 33.8 Å². The second kappa shape index (κ2) is 9.63. The minimum absolute atomic E-state index is 0.0218. The third kappa shape index (κ3) is 3.85. The van der Waals surface area contributed by atoms with Crippen LogP contribution in [0.3, 0.4) is 0 Å². The molecule has 1 spiro atoms. The molecular weight excluding hydrogens is 494 g/mol. The highest BCUT2D eigenvalue weighted by molar-refractivity contribution is 5.98. The number of amides is 3. The number of urea groups is 1. The van der Waals surface area contributed by atoms with E-state index in [1.807, 2.05) is 58.2 Å². The number of nitrogens with zero attached hydrogens (tertiary/aromatic N) is 5. The number of benzene rings is 1. The molecule has 0 radical (unpaired) electrons. The molecule has 0 unspecified atom stereocenters. The molecule has 5 aliphatic rings. The number of piperidine rings is 1. The standard InChI is InChI=1S/C30H35N5O4/c1-5-34-29(37)33-19-21-17-22(38-3)18-25(39-4)27(21)20(2)16-26(33)30(34)10-14-32(15-11-30)28(36)23-9-12-31-35-13-7-6-8-24(23)35/h6-8,12-13,16-18,20H,5,9-11,14-15,19H2,1-4H3/t20-/m0/s1. The van der Waals surface area contributed by atoms with E-state index in [0.29, 0.717) is 51.2 Å². The average Bonchev–Trinajstić information content (AvgIpc) is 3.07. The molecule has 1 aromatic carbocycles. The summed E-state index contributed by atoms with van der Waals surface area (Å²) in [6.45, 7) is 6.44. The number of fused-ring (bicyclic) bond motifs is 4. The summed E-state index contributed by atoms with van der Waals surface area (Å²) < 4.78 is 11.3. The predicted molar refractivity (Wildman–Crippen MR) is 148 cm³/mol. The average molecular weight is 530 g/mol. The van der Waals surface area contributed by atoms with Gasteiger partial charge < -0.3 is 19.3 Å². The first-order chi connectivity index (χ1) is 18.9. The van der Waals surface area contributed by atoms with Crippen molar-refractivity contribution in [1.82, 2.24) is 19.7 Å². The maximum absolute atomic E-state index is 13.9. The van der Waals surface area contributed by atoms with Crippen LogP contribution >= 0.6 is 0 Å². The Labute approximate surface area is 229 Å². The zero-order chi connectivity index (χ0) is 27.3. The molecule has 2 fully saturated rings. The lowest BCUT2D eigenvalue weighted by Crippen LogP contribution is -2.55. The van der Waals surface area contributed by atoms with E-state index in [-0.39, 0.29) is 17.9 Å². The van der Waals surface area contributed by atoms with Crippen LogP contribution in [-0.2, 0) is 11.3 Å². The van der Waals surface area contributed by atoms with Crippen LogP contribution in [0.1, 0.15) is 50.2 Å². The van der Waals surface area contributed by atoms with E-state index in [4.69, 9.17) is 9.47 Å². The van der Waals surface area contributed by atoms with Gasteiger partial charge in [0.2, 0.25) is 0 Å². The molecule has 9 nitrogen and oxygen atoms in total. The Bertz CT molecular complexity index is 1370. The van der Waals surface area contributed by atoms with Crippen LogP contribution in [0, 0.1) is 0 Å². The Kier molecular flexibility index (Phi) is 6.24. The summed E-state index contributed by atoms with van der Waals surface area (Å²) in [6.07, 6.45) is 13.6. The topological polar surface area (TPSA) is 77.9 Å². The summed E-state index contributed by atoms with van der Waals surface area (Å²) in [5, 5.41) is 6.14. The molecule has 0 aliphatic carbocycles. The lowest BCUT2D eigenvalue weighted by Gasteiger charge is -2.44. The van der Waals surface area contributed by atoms with Crippen LogP contribution in [0.25, 0.3) is 0 Å². The molecule has 0 aromatic heterocycles. The lowest BCUT2D eigenvalue weighted by molar-refractivity contribution is -0.129. The third-order valence-corrected chi connectivity index (χ3v) is 8.70. The largest absolute Gasteiger partial charge is 0.497 e. The van der Waals surface area contributed by atoms with Crippen molar-refractivity contribution >= 4 is 18.2 Å². The molecule has 204 valence electrons. The highest BCUT2D eigenvalue weighted by Crippen LogP contribution is 2.49. The van der Waals surface area contributed by atoms with Crippen LogP contribution in [-0.4, -0.2) is 77.3 Å². The maximum Gasteiger partial charge on any atom is 0.325 e. The van der Waals surface area contributed by atoms with Gasteiger partial charge >= 0.3 is 6.03 Å². The number of hydrogen-bond donors (Lipinski definition) is 0. The van der Waals surface area contributed by atoms with E-state index in [2.05, 4.69) is 18.1 Å². The molecule has 9 heteroatoms. The van der Waals surface area contributed by atoms with E-state index in [9.17, 15) is 9.59 Å². The van der Waals surface area contributed by atoms with Gasteiger partial charge in [0.15, 0.2) is 0 Å². The van der Waals surface area contributed by atoms with E-state index in [1.165, 1.54) is 0 Å². The Morgan fingerprint density at radius 2 is 1.95 bits per heavy atom. The van der Waals surface area contributed by atoms with E-state index in [1.54, 1.807) is 25.4 Å². The molecule has 0 bridgehead atoms.